The van der Waals surface area contributed by atoms with Gasteiger partial charge in [0.1, 0.15) is 12.1 Å². The fraction of sp³-hybridized carbons (Fsp3) is 0.750. The largest absolute Gasteiger partial charge is 0.329 e. The molecule has 3 unspecified atom stereocenters. The zero-order valence-corrected chi connectivity index (χ0v) is 12.6. The van der Waals surface area contributed by atoms with Crippen LogP contribution >= 0.6 is 0 Å². The molecule has 0 spiro atoms. The Balaban J connectivity index is 2.39. The molecule has 0 N–H and O–H groups in total. The van der Waals surface area contributed by atoms with Crippen molar-refractivity contribution in [1.82, 2.24) is 9.80 Å². The maximum absolute atomic E-state index is 12.8. The van der Waals surface area contributed by atoms with Crippen LogP contribution in [0.3, 0.4) is 0 Å². The third-order valence-corrected chi connectivity index (χ3v) is 4.42. The Hall–Kier alpha value is -1.50. The highest BCUT2D eigenvalue weighted by Crippen LogP contribution is 2.31. The van der Waals surface area contributed by atoms with Gasteiger partial charge in [0.2, 0.25) is 11.8 Å². The van der Waals surface area contributed by atoms with Crippen molar-refractivity contribution in [2.45, 2.75) is 64.6 Å². The molecule has 0 radical (unpaired) electrons. The Morgan fingerprint density at radius 1 is 1.30 bits per heavy atom. The van der Waals surface area contributed by atoms with Crippen LogP contribution in [-0.2, 0) is 9.59 Å². The van der Waals surface area contributed by atoms with Gasteiger partial charge in [0.05, 0.1) is 6.04 Å². The van der Waals surface area contributed by atoms with Crippen LogP contribution in [0.4, 0.5) is 0 Å². The van der Waals surface area contributed by atoms with Gasteiger partial charge in [-0.2, -0.15) is 0 Å². The first kappa shape index (κ1) is 14.9. The van der Waals surface area contributed by atoms with Gasteiger partial charge in [0.15, 0.2) is 0 Å². The Morgan fingerprint density at radius 3 is 2.55 bits per heavy atom. The number of fused-ring (bicyclic) bond motifs is 1. The Labute approximate surface area is 121 Å². The highest BCUT2D eigenvalue weighted by Gasteiger charge is 2.49. The van der Waals surface area contributed by atoms with Crippen molar-refractivity contribution in [2.24, 2.45) is 5.92 Å². The van der Waals surface area contributed by atoms with E-state index in [1.165, 1.54) is 0 Å². The van der Waals surface area contributed by atoms with E-state index in [0.717, 1.165) is 19.3 Å². The second-order valence-electron chi connectivity index (χ2n) is 6.07. The highest BCUT2D eigenvalue weighted by atomic mass is 16.2. The summed E-state index contributed by atoms with van der Waals surface area (Å²) in [5.74, 6) is 2.90. The highest BCUT2D eigenvalue weighted by molar-refractivity contribution is 5.97. The number of rotatable bonds is 3. The molecular weight excluding hydrogens is 252 g/mol. The first-order valence-electron chi connectivity index (χ1n) is 7.61. The lowest BCUT2D eigenvalue weighted by Crippen LogP contribution is -2.68. The van der Waals surface area contributed by atoms with Crippen molar-refractivity contribution in [3.8, 4) is 12.3 Å². The summed E-state index contributed by atoms with van der Waals surface area (Å²) in [4.78, 5) is 29.1. The second kappa shape index (κ2) is 5.87. The van der Waals surface area contributed by atoms with Crippen LogP contribution in [0.15, 0.2) is 0 Å². The molecule has 0 aromatic carbocycles. The molecule has 110 valence electrons. The molecule has 2 saturated heterocycles. The maximum atomic E-state index is 12.8. The van der Waals surface area contributed by atoms with Gasteiger partial charge in [-0.05, 0) is 31.6 Å². The molecule has 0 saturated carbocycles. The van der Waals surface area contributed by atoms with Crippen LogP contribution < -0.4 is 0 Å². The number of terminal acetylenes is 1. The molecule has 2 heterocycles. The molecule has 0 aromatic rings. The van der Waals surface area contributed by atoms with Gasteiger partial charge in [-0.25, -0.2) is 0 Å². The van der Waals surface area contributed by atoms with Gasteiger partial charge in [0.25, 0.3) is 0 Å². The standard InChI is InChI=1S/C16H24N2O2/c1-5-12(6-2)18-14(11(3)4)16(20)17-10-8-7-9-13(17)15(18)19/h1,11-14H,6-10H2,2-4H3. The SMILES string of the molecule is C#CC(CC)N1C(=O)C2CCCCN2C(=O)C1C(C)C. The number of hydrogen-bond donors (Lipinski definition) is 0. The van der Waals surface area contributed by atoms with E-state index in [1.807, 2.05) is 20.8 Å². The summed E-state index contributed by atoms with van der Waals surface area (Å²) < 4.78 is 0. The van der Waals surface area contributed by atoms with Crippen molar-refractivity contribution in [2.75, 3.05) is 6.54 Å². The average molecular weight is 276 g/mol. The number of nitrogens with zero attached hydrogens (tertiary/aromatic N) is 2. The minimum Gasteiger partial charge on any atom is -0.329 e. The minimum absolute atomic E-state index is 0.0489. The topological polar surface area (TPSA) is 40.6 Å². The van der Waals surface area contributed by atoms with Crippen LogP contribution in [0.5, 0.6) is 0 Å². The van der Waals surface area contributed by atoms with E-state index in [4.69, 9.17) is 6.42 Å². The van der Waals surface area contributed by atoms with E-state index in [1.54, 1.807) is 9.80 Å². The molecule has 0 aromatic heterocycles. The summed E-state index contributed by atoms with van der Waals surface area (Å²) in [5, 5.41) is 0. The summed E-state index contributed by atoms with van der Waals surface area (Å²) in [7, 11) is 0. The van der Waals surface area contributed by atoms with Crippen LogP contribution in [-0.4, -0.2) is 46.3 Å². The van der Waals surface area contributed by atoms with Crippen molar-refractivity contribution in [1.29, 1.82) is 0 Å². The summed E-state index contributed by atoms with van der Waals surface area (Å²) in [6.45, 7) is 6.64. The van der Waals surface area contributed by atoms with E-state index in [2.05, 4.69) is 5.92 Å². The number of piperidine rings is 1. The lowest BCUT2D eigenvalue weighted by molar-refractivity contribution is -0.167. The molecule has 4 nitrogen and oxygen atoms in total. The number of carbonyl (C=O) groups is 2. The summed E-state index contributed by atoms with van der Waals surface area (Å²) >= 11 is 0. The molecule has 2 aliphatic heterocycles. The summed E-state index contributed by atoms with van der Waals surface area (Å²) in [6, 6.07) is -0.963. The first-order valence-corrected chi connectivity index (χ1v) is 7.61. The lowest BCUT2D eigenvalue weighted by atomic mass is 9.89. The van der Waals surface area contributed by atoms with Crippen molar-refractivity contribution in [3.05, 3.63) is 0 Å². The van der Waals surface area contributed by atoms with Crippen LogP contribution in [0, 0.1) is 18.3 Å². The normalized spacial score (nSPS) is 28.4. The third kappa shape index (κ3) is 2.30. The third-order valence-electron chi connectivity index (χ3n) is 4.42. The van der Waals surface area contributed by atoms with E-state index in [9.17, 15) is 9.59 Å². The van der Waals surface area contributed by atoms with Gasteiger partial charge < -0.3 is 9.80 Å². The molecule has 2 rings (SSSR count). The fourth-order valence-corrected chi connectivity index (χ4v) is 3.40. The summed E-state index contributed by atoms with van der Waals surface area (Å²) in [5.41, 5.74) is 0. The predicted octanol–water partition coefficient (Wildman–Crippen LogP) is 1.65. The zero-order valence-electron chi connectivity index (χ0n) is 12.6. The molecule has 2 fully saturated rings. The maximum Gasteiger partial charge on any atom is 0.247 e. The van der Waals surface area contributed by atoms with Gasteiger partial charge >= 0.3 is 0 Å². The Bertz CT molecular complexity index is 438. The number of carbonyl (C=O) groups excluding carboxylic acids is 2. The van der Waals surface area contributed by atoms with Crippen LogP contribution in [0.2, 0.25) is 0 Å². The minimum atomic E-state index is -0.405. The second-order valence-corrected chi connectivity index (χ2v) is 6.07. The molecule has 20 heavy (non-hydrogen) atoms. The fourth-order valence-electron chi connectivity index (χ4n) is 3.40. The number of hydrogen-bond acceptors (Lipinski definition) is 2. The smallest absolute Gasteiger partial charge is 0.247 e. The molecule has 0 aliphatic carbocycles. The number of amides is 2. The lowest BCUT2D eigenvalue weighted by Gasteiger charge is -2.49. The van der Waals surface area contributed by atoms with Crippen molar-refractivity contribution >= 4 is 11.8 Å². The van der Waals surface area contributed by atoms with Gasteiger partial charge in [-0.3, -0.25) is 9.59 Å². The summed E-state index contributed by atoms with van der Waals surface area (Å²) in [6.07, 6.45) is 9.04. The van der Waals surface area contributed by atoms with Gasteiger partial charge in [0, 0.05) is 6.54 Å². The van der Waals surface area contributed by atoms with Crippen molar-refractivity contribution < 1.29 is 9.59 Å². The Kier molecular flexibility index (Phi) is 4.37. The quantitative estimate of drug-likeness (QED) is 0.735. The van der Waals surface area contributed by atoms with Gasteiger partial charge in [-0.15, -0.1) is 6.42 Å². The average Bonchev–Trinajstić information content (AvgIpc) is 2.45. The van der Waals surface area contributed by atoms with Crippen LogP contribution in [0.1, 0.15) is 46.5 Å². The van der Waals surface area contributed by atoms with E-state index >= 15 is 0 Å². The van der Waals surface area contributed by atoms with E-state index in [0.29, 0.717) is 13.0 Å². The first-order chi connectivity index (χ1) is 9.52. The predicted molar refractivity (Wildman–Crippen MR) is 77.7 cm³/mol. The Morgan fingerprint density at radius 2 is 2.00 bits per heavy atom. The monoisotopic (exact) mass is 276 g/mol. The zero-order chi connectivity index (χ0) is 14.9. The molecule has 2 amide bonds. The molecule has 3 atom stereocenters. The van der Waals surface area contributed by atoms with Crippen LogP contribution in [0.25, 0.3) is 0 Å². The molecular formula is C16H24N2O2. The van der Waals surface area contributed by atoms with Crippen molar-refractivity contribution in [3.63, 3.8) is 0 Å². The van der Waals surface area contributed by atoms with E-state index in [-0.39, 0.29) is 29.8 Å². The van der Waals surface area contributed by atoms with Gasteiger partial charge in [-0.1, -0.05) is 26.7 Å². The molecule has 4 heteroatoms. The molecule has 2 aliphatic rings. The number of piperazine rings is 1. The van der Waals surface area contributed by atoms with E-state index < -0.39 is 6.04 Å². The molecule has 0 bridgehead atoms.